The molecule has 1 aliphatic rings. The van der Waals surface area contributed by atoms with Crippen LogP contribution in [0.15, 0.2) is 30.0 Å². The largest absolute Gasteiger partial charge is 0.494 e. The van der Waals surface area contributed by atoms with Gasteiger partial charge in [0.25, 0.3) is 5.91 Å². The Bertz CT molecular complexity index is 592. The third-order valence-corrected chi connectivity index (χ3v) is 4.09. The number of cyclic esters (lactones) is 1. The summed E-state index contributed by atoms with van der Waals surface area (Å²) in [6, 6.07) is 7.36. The lowest BCUT2D eigenvalue weighted by Gasteiger charge is -2.06. The molecule has 0 bridgehead atoms. The molecule has 1 saturated heterocycles. The van der Waals surface area contributed by atoms with E-state index < -0.39 is 12.0 Å². The molecular formula is C20H27NO4. The van der Waals surface area contributed by atoms with Crippen molar-refractivity contribution in [2.24, 2.45) is 0 Å². The van der Waals surface area contributed by atoms with Crippen molar-refractivity contribution in [2.45, 2.75) is 58.3 Å². The molecule has 1 aromatic carbocycles. The SMILES string of the molecule is CCCCCCCCCCOc1ccc(C=C2OC(=O)NC2=O)cc1. The quantitative estimate of drug-likeness (QED) is 0.461. The first-order valence-electron chi connectivity index (χ1n) is 9.17. The zero-order chi connectivity index (χ0) is 17.9. The number of carbonyl (C=O) groups is 2. The number of amides is 2. The fourth-order valence-electron chi connectivity index (χ4n) is 2.66. The summed E-state index contributed by atoms with van der Waals surface area (Å²) in [6.07, 6.45) is 11.0. The van der Waals surface area contributed by atoms with E-state index in [0.29, 0.717) is 0 Å². The third-order valence-electron chi connectivity index (χ3n) is 4.09. The summed E-state index contributed by atoms with van der Waals surface area (Å²) in [5.41, 5.74) is 0.777. The van der Waals surface area contributed by atoms with Crippen LogP contribution in [0.2, 0.25) is 0 Å². The van der Waals surface area contributed by atoms with E-state index in [9.17, 15) is 9.59 Å². The van der Waals surface area contributed by atoms with Gasteiger partial charge in [0.1, 0.15) is 5.75 Å². The van der Waals surface area contributed by atoms with Crippen LogP contribution in [-0.2, 0) is 9.53 Å². The molecular weight excluding hydrogens is 318 g/mol. The monoisotopic (exact) mass is 345 g/mol. The van der Waals surface area contributed by atoms with E-state index in [2.05, 4.69) is 12.2 Å². The van der Waals surface area contributed by atoms with E-state index in [1.807, 2.05) is 24.3 Å². The summed E-state index contributed by atoms with van der Waals surface area (Å²) in [5.74, 6) is 0.301. The molecule has 1 fully saturated rings. The number of unbranched alkanes of at least 4 members (excludes halogenated alkanes) is 7. The van der Waals surface area contributed by atoms with Crippen molar-refractivity contribution in [3.8, 4) is 5.75 Å². The Hall–Kier alpha value is -2.30. The molecule has 1 aliphatic heterocycles. The molecule has 0 unspecified atom stereocenters. The molecule has 0 aromatic heterocycles. The van der Waals surface area contributed by atoms with Gasteiger partial charge in [-0.1, -0.05) is 64.0 Å². The van der Waals surface area contributed by atoms with Gasteiger partial charge in [0.2, 0.25) is 0 Å². The molecule has 2 amide bonds. The minimum Gasteiger partial charge on any atom is -0.494 e. The molecule has 0 radical (unpaired) electrons. The molecule has 1 N–H and O–H groups in total. The van der Waals surface area contributed by atoms with Crippen LogP contribution in [0.25, 0.3) is 6.08 Å². The van der Waals surface area contributed by atoms with Gasteiger partial charge in [-0.05, 0) is 30.2 Å². The Morgan fingerprint density at radius 3 is 2.20 bits per heavy atom. The van der Waals surface area contributed by atoms with Crippen molar-refractivity contribution >= 4 is 18.1 Å². The van der Waals surface area contributed by atoms with Crippen molar-refractivity contribution in [1.29, 1.82) is 0 Å². The molecule has 0 aliphatic carbocycles. The van der Waals surface area contributed by atoms with Crippen LogP contribution in [-0.4, -0.2) is 18.6 Å². The first-order valence-corrected chi connectivity index (χ1v) is 9.17. The van der Waals surface area contributed by atoms with Gasteiger partial charge < -0.3 is 9.47 Å². The van der Waals surface area contributed by atoms with Crippen molar-refractivity contribution < 1.29 is 19.1 Å². The highest BCUT2D eigenvalue weighted by atomic mass is 16.6. The number of hydrogen-bond donors (Lipinski definition) is 1. The van der Waals surface area contributed by atoms with Crippen LogP contribution in [0.3, 0.4) is 0 Å². The smallest absolute Gasteiger partial charge is 0.419 e. The number of nitrogens with one attached hydrogen (secondary N) is 1. The van der Waals surface area contributed by atoms with Crippen molar-refractivity contribution in [2.75, 3.05) is 6.61 Å². The lowest BCUT2D eigenvalue weighted by atomic mass is 10.1. The van der Waals surface area contributed by atoms with Gasteiger partial charge in [-0.2, -0.15) is 0 Å². The van der Waals surface area contributed by atoms with Gasteiger partial charge in [0.15, 0.2) is 5.76 Å². The van der Waals surface area contributed by atoms with Gasteiger partial charge in [0, 0.05) is 0 Å². The van der Waals surface area contributed by atoms with E-state index in [1.165, 1.54) is 51.0 Å². The predicted octanol–water partition coefficient (Wildman–Crippen LogP) is 4.81. The van der Waals surface area contributed by atoms with Crippen LogP contribution in [0, 0.1) is 0 Å². The zero-order valence-corrected chi connectivity index (χ0v) is 14.9. The van der Waals surface area contributed by atoms with Gasteiger partial charge in [-0.3, -0.25) is 10.1 Å². The Kier molecular flexibility index (Phi) is 8.02. The maximum absolute atomic E-state index is 11.4. The second-order valence-electron chi connectivity index (χ2n) is 6.24. The molecule has 0 saturated carbocycles. The molecule has 0 spiro atoms. The van der Waals surface area contributed by atoms with Crippen LogP contribution in [0.4, 0.5) is 4.79 Å². The Labute approximate surface area is 149 Å². The van der Waals surface area contributed by atoms with Crippen LogP contribution < -0.4 is 10.1 Å². The average molecular weight is 345 g/mol. The van der Waals surface area contributed by atoms with Crippen LogP contribution in [0.5, 0.6) is 5.75 Å². The molecule has 25 heavy (non-hydrogen) atoms. The normalized spacial score (nSPS) is 15.3. The summed E-state index contributed by atoms with van der Waals surface area (Å²) in [5, 5.41) is 2.06. The average Bonchev–Trinajstić information content (AvgIpc) is 2.92. The second-order valence-corrected chi connectivity index (χ2v) is 6.24. The summed E-state index contributed by atoms with van der Waals surface area (Å²) in [6.45, 7) is 2.95. The summed E-state index contributed by atoms with van der Waals surface area (Å²) >= 11 is 0. The fraction of sp³-hybridized carbons (Fsp3) is 0.500. The van der Waals surface area contributed by atoms with Crippen LogP contribution in [0.1, 0.15) is 63.9 Å². The zero-order valence-electron chi connectivity index (χ0n) is 14.9. The number of alkyl carbamates (subject to hydrolysis) is 1. The number of benzene rings is 1. The second kappa shape index (κ2) is 10.5. The maximum atomic E-state index is 11.4. The first-order chi connectivity index (χ1) is 12.2. The number of hydrogen-bond acceptors (Lipinski definition) is 4. The van der Waals surface area contributed by atoms with Gasteiger partial charge in [-0.15, -0.1) is 0 Å². The van der Waals surface area contributed by atoms with Crippen LogP contribution >= 0.6 is 0 Å². The van der Waals surface area contributed by atoms with E-state index in [1.54, 1.807) is 0 Å². The number of imide groups is 1. The molecule has 136 valence electrons. The Morgan fingerprint density at radius 1 is 0.960 bits per heavy atom. The minimum absolute atomic E-state index is 0.0117. The van der Waals surface area contributed by atoms with Crippen molar-refractivity contribution in [3.63, 3.8) is 0 Å². The molecule has 1 aromatic rings. The van der Waals surface area contributed by atoms with Gasteiger partial charge in [0.05, 0.1) is 6.61 Å². The highest BCUT2D eigenvalue weighted by Crippen LogP contribution is 2.17. The molecule has 0 atom stereocenters. The van der Waals surface area contributed by atoms with Gasteiger partial charge >= 0.3 is 6.09 Å². The predicted molar refractivity (Wildman–Crippen MR) is 97.1 cm³/mol. The van der Waals surface area contributed by atoms with E-state index in [0.717, 1.165) is 24.3 Å². The third kappa shape index (κ3) is 6.99. The number of rotatable bonds is 11. The maximum Gasteiger partial charge on any atom is 0.419 e. The van der Waals surface area contributed by atoms with Crippen molar-refractivity contribution in [1.82, 2.24) is 5.32 Å². The number of ether oxygens (including phenoxy) is 2. The standard InChI is InChI=1S/C20H27NO4/c1-2-3-4-5-6-7-8-9-14-24-17-12-10-16(11-13-17)15-18-19(22)21-20(23)25-18/h10-13,15H,2-9,14H2,1H3,(H,21,22,23). The topological polar surface area (TPSA) is 64.6 Å². The van der Waals surface area contributed by atoms with E-state index in [-0.39, 0.29) is 5.76 Å². The lowest BCUT2D eigenvalue weighted by molar-refractivity contribution is -0.116. The first kappa shape index (κ1) is 19.0. The summed E-state index contributed by atoms with van der Waals surface area (Å²) < 4.78 is 10.5. The van der Waals surface area contributed by atoms with Crippen molar-refractivity contribution in [3.05, 3.63) is 35.6 Å². The lowest BCUT2D eigenvalue weighted by Crippen LogP contribution is -2.18. The summed E-state index contributed by atoms with van der Waals surface area (Å²) in [7, 11) is 0. The minimum atomic E-state index is -0.735. The molecule has 5 nitrogen and oxygen atoms in total. The molecule has 2 rings (SSSR count). The Balaban J connectivity index is 1.63. The number of carbonyl (C=O) groups excluding carboxylic acids is 2. The van der Waals surface area contributed by atoms with E-state index >= 15 is 0 Å². The fourth-order valence-corrected chi connectivity index (χ4v) is 2.66. The highest BCUT2D eigenvalue weighted by Gasteiger charge is 2.25. The Morgan fingerprint density at radius 2 is 1.60 bits per heavy atom. The van der Waals surface area contributed by atoms with Gasteiger partial charge in [-0.25, -0.2) is 4.79 Å². The molecule has 5 heteroatoms. The summed E-state index contributed by atoms with van der Waals surface area (Å²) in [4.78, 5) is 22.4. The highest BCUT2D eigenvalue weighted by molar-refractivity contribution is 6.09. The molecule has 1 heterocycles. The van der Waals surface area contributed by atoms with E-state index in [4.69, 9.17) is 9.47 Å².